The smallest absolute Gasteiger partial charge is 0.254 e. The lowest BCUT2D eigenvalue weighted by molar-refractivity contribution is -0.131. The molecule has 0 radical (unpaired) electrons. The van der Waals surface area contributed by atoms with Crippen LogP contribution in [0.1, 0.15) is 35.3 Å². The van der Waals surface area contributed by atoms with Crippen LogP contribution in [0, 0.1) is 12.7 Å². The number of nitrogens with zero attached hydrogens (tertiary/aromatic N) is 4. The first-order valence-corrected chi connectivity index (χ1v) is 10.0. The summed E-state index contributed by atoms with van der Waals surface area (Å²) in [5, 5.41) is 7.45. The molecule has 7 nitrogen and oxygen atoms in total. The molecule has 2 aliphatic heterocycles. The number of carbonyl (C=O) groups is 2. The van der Waals surface area contributed by atoms with Gasteiger partial charge >= 0.3 is 0 Å². The van der Waals surface area contributed by atoms with E-state index < -0.39 is 0 Å². The highest BCUT2D eigenvalue weighted by atomic mass is 19.1. The number of likely N-dealkylation sites (N-methyl/N-ethyl adjacent to an activating group) is 1. The Kier molecular flexibility index (Phi) is 5.36. The summed E-state index contributed by atoms with van der Waals surface area (Å²) in [6.45, 7) is 4.19. The van der Waals surface area contributed by atoms with E-state index >= 15 is 0 Å². The van der Waals surface area contributed by atoms with E-state index in [1.165, 1.54) is 16.8 Å². The quantitative estimate of drug-likeness (QED) is 0.850. The number of hydrogen-bond acceptors (Lipinski definition) is 4. The predicted octanol–water partition coefficient (Wildman–Crippen LogP) is 1.74. The molecule has 0 saturated carbocycles. The van der Waals surface area contributed by atoms with E-state index in [4.69, 9.17) is 0 Å². The number of nitrogens with one attached hydrogen (secondary N) is 1. The third-order valence-corrected chi connectivity index (χ3v) is 5.92. The Bertz CT molecular complexity index is 920. The summed E-state index contributed by atoms with van der Waals surface area (Å²) < 4.78 is 15.0. The summed E-state index contributed by atoms with van der Waals surface area (Å²) >= 11 is 0. The fourth-order valence-electron chi connectivity index (χ4n) is 4.20. The van der Waals surface area contributed by atoms with E-state index in [-0.39, 0.29) is 29.7 Å². The van der Waals surface area contributed by atoms with Crippen molar-refractivity contribution in [3.63, 3.8) is 0 Å². The molecule has 2 fully saturated rings. The van der Waals surface area contributed by atoms with E-state index in [0.29, 0.717) is 16.9 Å². The number of benzene rings is 1. The highest BCUT2D eigenvalue weighted by molar-refractivity contribution is 5.95. The SMILES string of the molecule is Cc1nn(-c2cccc(F)c2)cc1C(=O)NC1CCN(C2CCN(C)C2=O)CC1. The molecule has 2 aliphatic rings. The van der Waals surface area contributed by atoms with Crippen LogP contribution in [0.5, 0.6) is 0 Å². The molecule has 0 spiro atoms. The zero-order valence-corrected chi connectivity index (χ0v) is 16.8. The monoisotopic (exact) mass is 399 g/mol. The van der Waals surface area contributed by atoms with Gasteiger partial charge in [-0.3, -0.25) is 14.5 Å². The van der Waals surface area contributed by atoms with E-state index in [0.717, 1.165) is 38.9 Å². The zero-order valence-electron chi connectivity index (χ0n) is 16.8. The van der Waals surface area contributed by atoms with Crippen LogP contribution in [0.15, 0.2) is 30.5 Å². The van der Waals surface area contributed by atoms with Gasteiger partial charge in [0.1, 0.15) is 5.82 Å². The molecule has 0 bridgehead atoms. The first kappa shape index (κ1) is 19.6. The van der Waals surface area contributed by atoms with Gasteiger partial charge in [0.2, 0.25) is 5.91 Å². The molecular weight excluding hydrogens is 373 g/mol. The van der Waals surface area contributed by atoms with Gasteiger partial charge < -0.3 is 10.2 Å². The highest BCUT2D eigenvalue weighted by Gasteiger charge is 2.36. The number of halogens is 1. The molecule has 4 rings (SSSR count). The second kappa shape index (κ2) is 7.94. The van der Waals surface area contributed by atoms with Crippen molar-refractivity contribution in [1.29, 1.82) is 0 Å². The van der Waals surface area contributed by atoms with E-state index in [1.54, 1.807) is 30.2 Å². The zero-order chi connectivity index (χ0) is 20.5. The first-order valence-electron chi connectivity index (χ1n) is 10.0. The largest absolute Gasteiger partial charge is 0.349 e. The Balaban J connectivity index is 1.36. The highest BCUT2D eigenvalue weighted by Crippen LogP contribution is 2.21. The number of aromatic nitrogens is 2. The molecule has 29 heavy (non-hydrogen) atoms. The van der Waals surface area contributed by atoms with Crippen LogP contribution in [-0.2, 0) is 4.79 Å². The summed E-state index contributed by atoms with van der Waals surface area (Å²) in [7, 11) is 1.85. The molecule has 3 heterocycles. The molecule has 1 atom stereocenters. The second-order valence-corrected chi connectivity index (χ2v) is 7.90. The van der Waals surface area contributed by atoms with Crippen LogP contribution in [0.25, 0.3) is 5.69 Å². The number of piperidine rings is 1. The average molecular weight is 399 g/mol. The molecule has 2 saturated heterocycles. The molecule has 1 unspecified atom stereocenters. The minimum absolute atomic E-state index is 0.0107. The van der Waals surface area contributed by atoms with Crippen molar-refractivity contribution in [2.45, 2.75) is 38.3 Å². The molecule has 154 valence electrons. The van der Waals surface area contributed by atoms with Gasteiger partial charge in [-0.15, -0.1) is 0 Å². The maximum Gasteiger partial charge on any atom is 0.254 e. The first-order chi connectivity index (χ1) is 13.9. The number of rotatable bonds is 4. The third kappa shape index (κ3) is 4.03. The Labute approximate surface area is 169 Å². The van der Waals surface area contributed by atoms with Crippen molar-refractivity contribution in [3.8, 4) is 5.69 Å². The predicted molar refractivity (Wildman–Crippen MR) is 106 cm³/mol. The van der Waals surface area contributed by atoms with Gasteiger partial charge in [-0.25, -0.2) is 9.07 Å². The van der Waals surface area contributed by atoms with Gasteiger partial charge in [-0.2, -0.15) is 5.10 Å². The maximum atomic E-state index is 13.5. The lowest BCUT2D eigenvalue weighted by atomic mass is 10.0. The van der Waals surface area contributed by atoms with E-state index in [9.17, 15) is 14.0 Å². The Morgan fingerprint density at radius 1 is 1.21 bits per heavy atom. The number of likely N-dealkylation sites (tertiary alicyclic amines) is 2. The summed E-state index contributed by atoms with van der Waals surface area (Å²) in [6.07, 6.45) is 4.15. The van der Waals surface area contributed by atoms with Gasteiger partial charge in [0, 0.05) is 38.9 Å². The van der Waals surface area contributed by atoms with Crippen molar-refractivity contribution in [2.75, 3.05) is 26.7 Å². The summed E-state index contributed by atoms with van der Waals surface area (Å²) in [5.74, 6) is -0.312. The Morgan fingerprint density at radius 3 is 2.62 bits per heavy atom. The standard InChI is InChI=1S/C21H26FN5O2/c1-14-18(13-27(24-14)17-5-3-4-15(22)12-17)20(28)23-16-6-10-26(11-7-16)19-8-9-25(2)21(19)29/h3-5,12-13,16,19H,6-11H2,1-2H3,(H,23,28). The number of carbonyl (C=O) groups excluding carboxylic acids is 2. The van der Waals surface area contributed by atoms with Crippen LogP contribution < -0.4 is 5.32 Å². The van der Waals surface area contributed by atoms with E-state index in [1.807, 2.05) is 7.05 Å². The van der Waals surface area contributed by atoms with Crippen molar-refractivity contribution < 1.29 is 14.0 Å². The summed E-state index contributed by atoms with van der Waals surface area (Å²) in [5.41, 5.74) is 1.67. The van der Waals surface area contributed by atoms with Crippen LogP contribution >= 0.6 is 0 Å². The summed E-state index contributed by atoms with van der Waals surface area (Å²) in [4.78, 5) is 29.0. The lowest BCUT2D eigenvalue weighted by Crippen LogP contribution is -2.50. The van der Waals surface area contributed by atoms with E-state index in [2.05, 4.69) is 15.3 Å². The molecule has 2 amide bonds. The molecule has 0 aliphatic carbocycles. The molecular formula is C21H26FN5O2. The minimum atomic E-state index is -0.347. The Morgan fingerprint density at radius 2 is 1.97 bits per heavy atom. The van der Waals surface area contributed by atoms with Crippen molar-refractivity contribution in [1.82, 2.24) is 24.9 Å². The molecule has 1 aromatic heterocycles. The van der Waals surface area contributed by atoms with Crippen LogP contribution in [0.4, 0.5) is 4.39 Å². The summed E-state index contributed by atoms with van der Waals surface area (Å²) in [6, 6.07) is 6.17. The van der Waals surface area contributed by atoms with Gasteiger partial charge in [0.05, 0.1) is 23.0 Å². The fourth-order valence-corrected chi connectivity index (χ4v) is 4.20. The topological polar surface area (TPSA) is 70.5 Å². The normalized spacial score (nSPS) is 21.0. The van der Waals surface area contributed by atoms with Crippen molar-refractivity contribution in [2.24, 2.45) is 0 Å². The molecule has 8 heteroatoms. The maximum absolute atomic E-state index is 13.5. The van der Waals surface area contributed by atoms with Crippen LogP contribution in [0.3, 0.4) is 0 Å². The van der Waals surface area contributed by atoms with Crippen molar-refractivity contribution >= 4 is 11.8 Å². The Hall–Kier alpha value is -2.74. The number of amides is 2. The molecule has 1 N–H and O–H groups in total. The molecule has 1 aromatic carbocycles. The molecule has 2 aromatic rings. The van der Waals surface area contributed by atoms with Gasteiger partial charge in [0.25, 0.3) is 5.91 Å². The third-order valence-electron chi connectivity index (χ3n) is 5.92. The fraction of sp³-hybridized carbons (Fsp3) is 0.476. The van der Waals surface area contributed by atoms with Crippen LogP contribution in [-0.4, -0.2) is 70.2 Å². The van der Waals surface area contributed by atoms with Gasteiger partial charge in [0.15, 0.2) is 0 Å². The van der Waals surface area contributed by atoms with Gasteiger partial charge in [-0.05, 0) is 44.4 Å². The second-order valence-electron chi connectivity index (χ2n) is 7.90. The van der Waals surface area contributed by atoms with Crippen LogP contribution in [0.2, 0.25) is 0 Å². The lowest BCUT2D eigenvalue weighted by Gasteiger charge is -2.35. The van der Waals surface area contributed by atoms with Crippen molar-refractivity contribution in [3.05, 3.63) is 47.5 Å². The number of aryl methyl sites for hydroxylation is 1. The average Bonchev–Trinajstić information content (AvgIpc) is 3.25. The van der Waals surface area contributed by atoms with Gasteiger partial charge in [-0.1, -0.05) is 6.07 Å². The minimum Gasteiger partial charge on any atom is -0.349 e. The number of hydrogen-bond donors (Lipinski definition) is 1.